The van der Waals surface area contributed by atoms with E-state index in [0.717, 1.165) is 11.1 Å². The van der Waals surface area contributed by atoms with Crippen molar-refractivity contribution in [2.75, 3.05) is 11.5 Å². The van der Waals surface area contributed by atoms with Crippen LogP contribution in [0.4, 0.5) is 11.4 Å². The summed E-state index contributed by atoms with van der Waals surface area (Å²) < 4.78 is 0. The topological polar surface area (TPSA) is 103 Å². The smallest absolute Gasteiger partial charge is 0.196 e. The van der Waals surface area contributed by atoms with E-state index in [1.165, 1.54) is 0 Å². The molecule has 0 fully saturated rings. The van der Waals surface area contributed by atoms with Gasteiger partial charge in [-0.1, -0.05) is 24.3 Å². The Bertz CT molecular complexity index is 975. The molecule has 126 valence electrons. The first-order valence-corrected chi connectivity index (χ1v) is 8.33. The first kappa shape index (κ1) is 15.6. The molecular formula is C20H18N2O3. The molecule has 4 rings (SSSR count). The van der Waals surface area contributed by atoms with Gasteiger partial charge in [0.1, 0.15) is 5.78 Å². The molecule has 0 radical (unpaired) electrons. The highest BCUT2D eigenvalue weighted by Gasteiger charge is 2.37. The highest BCUT2D eigenvalue weighted by Crippen LogP contribution is 2.42. The number of hydrogen-bond donors (Lipinski definition) is 2. The fourth-order valence-corrected chi connectivity index (χ4v) is 4.05. The monoisotopic (exact) mass is 334 g/mol. The van der Waals surface area contributed by atoms with Crippen molar-refractivity contribution in [3.05, 3.63) is 57.6 Å². The SMILES string of the molecule is CC(=O)C1CCc2c(N)c3c(c(N)c2C1)C(=O)c1ccccc1C3=O. The van der Waals surface area contributed by atoms with Crippen LogP contribution < -0.4 is 11.5 Å². The van der Waals surface area contributed by atoms with E-state index in [0.29, 0.717) is 41.8 Å². The van der Waals surface area contributed by atoms with Crippen molar-refractivity contribution >= 4 is 28.7 Å². The van der Waals surface area contributed by atoms with Crippen molar-refractivity contribution in [1.82, 2.24) is 0 Å². The normalized spacial score (nSPS) is 18.4. The summed E-state index contributed by atoms with van der Waals surface area (Å²) in [6.07, 6.45) is 1.74. The Morgan fingerprint density at radius 1 is 0.960 bits per heavy atom. The van der Waals surface area contributed by atoms with Gasteiger partial charge in [0.25, 0.3) is 0 Å². The molecule has 1 atom stereocenters. The zero-order chi connectivity index (χ0) is 17.9. The number of nitrogen functional groups attached to an aromatic ring is 2. The number of hydrogen-bond acceptors (Lipinski definition) is 5. The summed E-state index contributed by atoms with van der Waals surface area (Å²) >= 11 is 0. The molecule has 0 aliphatic heterocycles. The van der Waals surface area contributed by atoms with E-state index < -0.39 is 0 Å². The zero-order valence-electron chi connectivity index (χ0n) is 13.9. The van der Waals surface area contributed by atoms with E-state index in [1.54, 1.807) is 31.2 Å². The lowest BCUT2D eigenvalue weighted by molar-refractivity contribution is -0.121. The second-order valence-electron chi connectivity index (χ2n) is 6.79. The van der Waals surface area contributed by atoms with Crippen LogP contribution >= 0.6 is 0 Å². The molecule has 25 heavy (non-hydrogen) atoms. The molecule has 2 aliphatic rings. The van der Waals surface area contributed by atoms with Gasteiger partial charge in [0.15, 0.2) is 11.6 Å². The van der Waals surface area contributed by atoms with Crippen LogP contribution in [0.25, 0.3) is 0 Å². The minimum atomic E-state index is -0.276. The molecule has 0 saturated heterocycles. The Morgan fingerprint density at radius 3 is 2.00 bits per heavy atom. The maximum Gasteiger partial charge on any atom is 0.196 e. The Hall–Kier alpha value is -2.95. The summed E-state index contributed by atoms with van der Waals surface area (Å²) in [5, 5.41) is 0. The first-order valence-electron chi connectivity index (χ1n) is 8.33. The molecule has 5 nitrogen and oxygen atoms in total. The molecule has 2 aromatic rings. The molecular weight excluding hydrogens is 316 g/mol. The van der Waals surface area contributed by atoms with Gasteiger partial charge >= 0.3 is 0 Å². The third-order valence-corrected chi connectivity index (χ3v) is 5.44. The van der Waals surface area contributed by atoms with Gasteiger partial charge in [0.2, 0.25) is 0 Å². The van der Waals surface area contributed by atoms with Gasteiger partial charge in [0.05, 0.1) is 11.1 Å². The van der Waals surface area contributed by atoms with Crippen LogP contribution in [0, 0.1) is 5.92 Å². The molecule has 0 bridgehead atoms. The van der Waals surface area contributed by atoms with Gasteiger partial charge in [-0.3, -0.25) is 14.4 Å². The van der Waals surface area contributed by atoms with E-state index in [2.05, 4.69) is 0 Å². The molecule has 0 heterocycles. The molecule has 2 aromatic carbocycles. The highest BCUT2D eigenvalue weighted by molar-refractivity contribution is 6.32. The average molecular weight is 334 g/mol. The lowest BCUT2D eigenvalue weighted by atomic mass is 9.74. The zero-order valence-corrected chi connectivity index (χ0v) is 13.9. The molecule has 0 amide bonds. The van der Waals surface area contributed by atoms with Gasteiger partial charge in [-0.15, -0.1) is 0 Å². The van der Waals surface area contributed by atoms with Crippen molar-refractivity contribution in [1.29, 1.82) is 0 Å². The Labute approximate surface area is 145 Å². The van der Waals surface area contributed by atoms with Gasteiger partial charge in [-0.05, 0) is 37.3 Å². The highest BCUT2D eigenvalue weighted by atomic mass is 16.1. The second kappa shape index (κ2) is 5.28. The number of fused-ring (bicyclic) bond motifs is 3. The molecule has 5 heteroatoms. The predicted molar refractivity (Wildman–Crippen MR) is 94.8 cm³/mol. The van der Waals surface area contributed by atoms with E-state index in [-0.39, 0.29) is 34.4 Å². The summed E-state index contributed by atoms with van der Waals surface area (Å²) in [5.74, 6) is -0.545. The van der Waals surface area contributed by atoms with Gasteiger partial charge in [-0.25, -0.2) is 0 Å². The quantitative estimate of drug-likeness (QED) is 0.525. The minimum Gasteiger partial charge on any atom is -0.398 e. The van der Waals surface area contributed by atoms with Crippen molar-refractivity contribution in [3.63, 3.8) is 0 Å². The van der Waals surface area contributed by atoms with Crippen LogP contribution in [0.3, 0.4) is 0 Å². The van der Waals surface area contributed by atoms with Crippen LogP contribution in [0.1, 0.15) is 56.3 Å². The van der Waals surface area contributed by atoms with Crippen molar-refractivity contribution in [3.8, 4) is 0 Å². The van der Waals surface area contributed by atoms with Crippen LogP contribution in [0.5, 0.6) is 0 Å². The number of benzene rings is 2. The van der Waals surface area contributed by atoms with Crippen molar-refractivity contribution in [2.45, 2.75) is 26.2 Å². The first-order chi connectivity index (χ1) is 11.9. The van der Waals surface area contributed by atoms with E-state index in [1.807, 2.05) is 0 Å². The van der Waals surface area contributed by atoms with Crippen molar-refractivity contribution < 1.29 is 14.4 Å². The van der Waals surface area contributed by atoms with E-state index >= 15 is 0 Å². The van der Waals surface area contributed by atoms with Gasteiger partial charge in [-0.2, -0.15) is 0 Å². The fraction of sp³-hybridized carbons (Fsp3) is 0.250. The number of Topliss-reactive ketones (excluding diaryl/α,β-unsaturated/α-hetero) is 1. The van der Waals surface area contributed by atoms with Crippen LogP contribution in [-0.2, 0) is 17.6 Å². The number of carbonyl (C=O) groups excluding carboxylic acids is 3. The maximum absolute atomic E-state index is 13.0. The lowest BCUT2D eigenvalue weighted by Crippen LogP contribution is -2.29. The second-order valence-corrected chi connectivity index (χ2v) is 6.79. The lowest BCUT2D eigenvalue weighted by Gasteiger charge is -2.30. The summed E-state index contributed by atoms with van der Waals surface area (Å²) in [6, 6.07) is 6.72. The minimum absolute atomic E-state index is 0.106. The molecule has 0 spiro atoms. The Balaban J connectivity index is 1.99. The van der Waals surface area contributed by atoms with Crippen LogP contribution in [0.15, 0.2) is 24.3 Å². The fourth-order valence-electron chi connectivity index (χ4n) is 4.05. The Morgan fingerprint density at radius 2 is 1.48 bits per heavy atom. The van der Waals surface area contributed by atoms with Crippen LogP contribution in [-0.4, -0.2) is 17.3 Å². The number of nitrogens with two attached hydrogens (primary N) is 2. The standard InChI is InChI=1S/C20H18N2O3/c1-9(23)10-6-7-11-14(8-10)18(22)16-15(17(11)21)19(24)12-4-2-3-5-13(12)20(16)25/h2-5,10H,6-8,21-22H2,1H3. The third-order valence-electron chi connectivity index (χ3n) is 5.44. The molecule has 2 aliphatic carbocycles. The van der Waals surface area contributed by atoms with E-state index in [9.17, 15) is 14.4 Å². The predicted octanol–water partition coefficient (Wildman–Crippen LogP) is 2.32. The molecule has 4 N–H and O–H groups in total. The number of anilines is 2. The van der Waals surface area contributed by atoms with Gasteiger partial charge < -0.3 is 11.5 Å². The number of carbonyl (C=O) groups is 3. The van der Waals surface area contributed by atoms with Gasteiger partial charge in [0, 0.05) is 28.4 Å². The molecule has 0 aromatic heterocycles. The maximum atomic E-state index is 13.0. The summed E-state index contributed by atoms with van der Waals surface area (Å²) in [5.41, 5.74) is 16.0. The Kier molecular flexibility index (Phi) is 3.29. The summed E-state index contributed by atoms with van der Waals surface area (Å²) in [6.45, 7) is 1.57. The summed E-state index contributed by atoms with van der Waals surface area (Å²) in [7, 11) is 0. The summed E-state index contributed by atoms with van der Waals surface area (Å²) in [4.78, 5) is 37.7. The molecule has 0 saturated carbocycles. The van der Waals surface area contributed by atoms with E-state index in [4.69, 9.17) is 11.5 Å². The van der Waals surface area contributed by atoms with Crippen molar-refractivity contribution in [2.24, 2.45) is 5.92 Å². The molecule has 1 unspecified atom stereocenters. The number of ketones is 3. The largest absolute Gasteiger partial charge is 0.398 e. The van der Waals surface area contributed by atoms with Crippen LogP contribution in [0.2, 0.25) is 0 Å². The number of rotatable bonds is 1. The third kappa shape index (κ3) is 2.05. The average Bonchev–Trinajstić information content (AvgIpc) is 2.62.